The van der Waals surface area contributed by atoms with Gasteiger partial charge in [0.05, 0.1) is 0 Å². The molecule has 0 aliphatic heterocycles. The third-order valence-corrected chi connectivity index (χ3v) is 4.14. The van der Waals surface area contributed by atoms with Crippen molar-refractivity contribution in [1.82, 2.24) is 4.98 Å². The van der Waals surface area contributed by atoms with E-state index in [4.69, 9.17) is 27.6 Å². The molecule has 0 saturated heterocycles. The molecule has 3 rings (SSSR count). The van der Waals surface area contributed by atoms with Crippen LogP contribution >= 0.6 is 23.2 Å². The molecule has 5 heteroatoms. The van der Waals surface area contributed by atoms with Crippen molar-refractivity contribution >= 4 is 40.0 Å². The Morgan fingerprint density at radius 3 is 2.30 bits per heavy atom. The van der Waals surface area contributed by atoms with E-state index >= 15 is 0 Å². The van der Waals surface area contributed by atoms with Crippen molar-refractivity contribution in [2.24, 2.45) is 0 Å². The molecule has 0 atom stereocenters. The van der Waals surface area contributed by atoms with Crippen molar-refractivity contribution in [2.75, 3.05) is 29.7 Å². The number of fused-ring (bicyclic) bond motifs is 1. The largest absolute Gasteiger partial charge is 0.436 e. The van der Waals surface area contributed by atoms with E-state index in [-0.39, 0.29) is 0 Å². The van der Waals surface area contributed by atoms with Gasteiger partial charge in [0.15, 0.2) is 5.58 Å². The van der Waals surface area contributed by atoms with Crippen LogP contribution in [-0.2, 0) is 0 Å². The van der Waals surface area contributed by atoms with Crippen LogP contribution in [0, 0.1) is 6.92 Å². The quantitative estimate of drug-likeness (QED) is 0.581. The van der Waals surface area contributed by atoms with E-state index in [1.165, 1.54) is 0 Å². The second kappa shape index (κ2) is 7.24. The highest BCUT2D eigenvalue weighted by atomic mass is 35.5. The van der Waals surface area contributed by atoms with Crippen LogP contribution in [0.2, 0.25) is 0 Å². The number of nitrogens with zero attached hydrogens (tertiary/aromatic N) is 2. The molecule has 1 heterocycles. The van der Waals surface area contributed by atoms with Gasteiger partial charge in [0, 0.05) is 36.1 Å². The zero-order valence-electron chi connectivity index (χ0n) is 12.9. The van der Waals surface area contributed by atoms with Crippen LogP contribution in [0.25, 0.3) is 22.6 Å². The number of benzene rings is 2. The topological polar surface area (TPSA) is 29.3 Å². The molecule has 2 aromatic carbocycles. The van der Waals surface area contributed by atoms with E-state index in [1.807, 2.05) is 37.3 Å². The number of hydrogen-bond donors (Lipinski definition) is 0. The SMILES string of the molecule is Cc1cccc2nc(-c3ccc(N(CCCl)CCCl)cc3)oc12. The van der Waals surface area contributed by atoms with E-state index in [1.54, 1.807) is 0 Å². The minimum atomic E-state index is 0.572. The minimum absolute atomic E-state index is 0.572. The highest BCUT2D eigenvalue weighted by Gasteiger charge is 2.11. The van der Waals surface area contributed by atoms with Gasteiger partial charge < -0.3 is 9.32 Å². The Morgan fingerprint density at radius 1 is 1.00 bits per heavy atom. The number of oxazole rings is 1. The lowest BCUT2D eigenvalue weighted by Gasteiger charge is -2.22. The summed E-state index contributed by atoms with van der Waals surface area (Å²) in [5.74, 6) is 1.79. The Hall–Kier alpha value is -1.71. The number of rotatable bonds is 6. The molecule has 3 aromatic rings. The van der Waals surface area contributed by atoms with Crippen LogP contribution in [0.4, 0.5) is 5.69 Å². The molecule has 0 aliphatic carbocycles. The third-order valence-electron chi connectivity index (χ3n) is 3.80. The first-order chi connectivity index (χ1) is 11.2. The monoisotopic (exact) mass is 348 g/mol. The fraction of sp³-hybridized carbons (Fsp3) is 0.278. The summed E-state index contributed by atoms with van der Waals surface area (Å²) in [6.45, 7) is 3.57. The summed E-state index contributed by atoms with van der Waals surface area (Å²) in [5, 5.41) is 0. The van der Waals surface area contributed by atoms with Crippen LogP contribution in [-0.4, -0.2) is 29.8 Å². The minimum Gasteiger partial charge on any atom is -0.436 e. The van der Waals surface area contributed by atoms with Crippen molar-refractivity contribution in [1.29, 1.82) is 0 Å². The first-order valence-corrected chi connectivity index (χ1v) is 8.63. The molecule has 0 N–H and O–H groups in total. The first-order valence-electron chi connectivity index (χ1n) is 7.56. The van der Waals surface area contributed by atoms with Crippen molar-refractivity contribution in [2.45, 2.75) is 6.92 Å². The van der Waals surface area contributed by atoms with Crippen molar-refractivity contribution in [3.63, 3.8) is 0 Å². The van der Waals surface area contributed by atoms with Crippen LogP contribution in [0.3, 0.4) is 0 Å². The number of hydrogen-bond acceptors (Lipinski definition) is 3. The lowest BCUT2D eigenvalue weighted by Crippen LogP contribution is -2.27. The van der Waals surface area contributed by atoms with Crippen LogP contribution in [0.15, 0.2) is 46.9 Å². The van der Waals surface area contributed by atoms with Crippen LogP contribution < -0.4 is 4.90 Å². The van der Waals surface area contributed by atoms with Gasteiger partial charge in [-0.25, -0.2) is 4.98 Å². The normalized spacial score (nSPS) is 11.1. The highest BCUT2D eigenvalue weighted by Crippen LogP contribution is 2.27. The molecule has 0 spiro atoms. The van der Waals surface area contributed by atoms with Crippen LogP contribution in [0.1, 0.15) is 5.56 Å². The molecular formula is C18H18Cl2N2O. The van der Waals surface area contributed by atoms with Crippen molar-refractivity contribution < 1.29 is 4.42 Å². The number of aromatic nitrogens is 1. The van der Waals surface area contributed by atoms with E-state index in [0.717, 1.165) is 41.0 Å². The predicted molar refractivity (Wildman–Crippen MR) is 97.8 cm³/mol. The van der Waals surface area contributed by atoms with E-state index in [0.29, 0.717) is 17.7 Å². The Kier molecular flexibility index (Phi) is 5.09. The second-order valence-corrected chi connectivity index (χ2v) is 6.11. The van der Waals surface area contributed by atoms with Gasteiger partial charge in [-0.1, -0.05) is 12.1 Å². The number of halogens is 2. The fourth-order valence-electron chi connectivity index (χ4n) is 2.60. The predicted octanol–water partition coefficient (Wildman–Crippen LogP) is 5.09. The Labute approximate surface area is 145 Å². The lowest BCUT2D eigenvalue weighted by atomic mass is 10.2. The van der Waals surface area contributed by atoms with Gasteiger partial charge in [0.25, 0.3) is 0 Å². The molecule has 0 amide bonds. The van der Waals surface area contributed by atoms with Gasteiger partial charge in [-0.3, -0.25) is 0 Å². The van der Waals surface area contributed by atoms with Gasteiger partial charge in [-0.2, -0.15) is 0 Å². The average molecular weight is 349 g/mol. The molecule has 0 radical (unpaired) electrons. The van der Waals surface area contributed by atoms with Gasteiger partial charge in [0.2, 0.25) is 5.89 Å². The van der Waals surface area contributed by atoms with Crippen LogP contribution in [0.5, 0.6) is 0 Å². The standard InChI is InChI=1S/C18H18Cl2N2O/c1-13-3-2-4-16-17(13)23-18(21-16)14-5-7-15(8-6-14)22(11-9-19)12-10-20/h2-8H,9-12H2,1H3. The molecule has 0 aliphatic rings. The number of alkyl halides is 2. The molecule has 1 aromatic heterocycles. The smallest absolute Gasteiger partial charge is 0.227 e. The summed E-state index contributed by atoms with van der Waals surface area (Å²) in [6.07, 6.45) is 0. The summed E-state index contributed by atoms with van der Waals surface area (Å²) in [4.78, 5) is 6.74. The summed E-state index contributed by atoms with van der Waals surface area (Å²) in [5.41, 5.74) is 4.88. The van der Waals surface area contributed by atoms with Gasteiger partial charge in [-0.05, 0) is 42.8 Å². The lowest BCUT2D eigenvalue weighted by molar-refractivity contribution is 0.617. The summed E-state index contributed by atoms with van der Waals surface area (Å²) < 4.78 is 5.91. The molecule has 0 fully saturated rings. The number of anilines is 1. The average Bonchev–Trinajstić information content (AvgIpc) is 3.00. The molecule has 0 unspecified atom stereocenters. The second-order valence-electron chi connectivity index (χ2n) is 5.35. The Balaban J connectivity index is 1.89. The first kappa shape index (κ1) is 16.2. The molecule has 23 heavy (non-hydrogen) atoms. The molecular weight excluding hydrogens is 331 g/mol. The maximum Gasteiger partial charge on any atom is 0.227 e. The molecule has 120 valence electrons. The molecule has 0 saturated carbocycles. The van der Waals surface area contributed by atoms with Crippen molar-refractivity contribution in [3.8, 4) is 11.5 Å². The maximum absolute atomic E-state index is 5.91. The zero-order chi connectivity index (χ0) is 16.2. The molecule has 0 bridgehead atoms. The fourth-order valence-corrected chi connectivity index (χ4v) is 3.01. The zero-order valence-corrected chi connectivity index (χ0v) is 14.4. The Morgan fingerprint density at radius 2 is 1.70 bits per heavy atom. The molecule has 3 nitrogen and oxygen atoms in total. The van der Waals surface area contributed by atoms with Gasteiger partial charge in [-0.15, -0.1) is 23.2 Å². The number of para-hydroxylation sites is 1. The summed E-state index contributed by atoms with van der Waals surface area (Å²) in [7, 11) is 0. The Bertz CT molecular complexity index is 777. The van der Waals surface area contributed by atoms with E-state index in [2.05, 4.69) is 22.0 Å². The van der Waals surface area contributed by atoms with E-state index in [9.17, 15) is 0 Å². The third kappa shape index (κ3) is 3.46. The maximum atomic E-state index is 5.91. The number of aryl methyl sites for hydroxylation is 1. The summed E-state index contributed by atoms with van der Waals surface area (Å²) >= 11 is 11.7. The highest BCUT2D eigenvalue weighted by molar-refractivity contribution is 6.18. The van der Waals surface area contributed by atoms with Gasteiger partial charge >= 0.3 is 0 Å². The van der Waals surface area contributed by atoms with Crippen molar-refractivity contribution in [3.05, 3.63) is 48.0 Å². The van der Waals surface area contributed by atoms with E-state index < -0.39 is 0 Å². The van der Waals surface area contributed by atoms with Gasteiger partial charge in [0.1, 0.15) is 5.52 Å². The summed E-state index contributed by atoms with van der Waals surface area (Å²) in [6, 6.07) is 14.1.